The van der Waals surface area contributed by atoms with E-state index in [1.165, 1.54) is 16.7 Å². The summed E-state index contributed by atoms with van der Waals surface area (Å²) in [6.45, 7) is 0.0246. The average Bonchev–Trinajstić information content (AvgIpc) is 3.15. The van der Waals surface area contributed by atoms with Gasteiger partial charge < -0.3 is 4.98 Å². The highest BCUT2D eigenvalue weighted by atomic mass is 32.2. The topological polar surface area (TPSA) is 72.8 Å². The Hall–Kier alpha value is -3.04. The number of nitrogens with one attached hydrogen (secondary N) is 1. The molecule has 3 aromatic rings. The number of carbonyl (C=O) groups excluding carboxylic acids is 1. The highest BCUT2D eigenvalue weighted by Crippen LogP contribution is 2.22. The van der Waals surface area contributed by atoms with Gasteiger partial charge in [0, 0.05) is 5.69 Å². The number of aromatic nitrogens is 2. The van der Waals surface area contributed by atoms with Crippen molar-refractivity contribution in [1.82, 2.24) is 9.97 Å². The van der Waals surface area contributed by atoms with Gasteiger partial charge in [0.1, 0.15) is 6.54 Å². The van der Waals surface area contributed by atoms with Gasteiger partial charge in [0.05, 0.1) is 23.7 Å². The van der Waals surface area contributed by atoms with Crippen LogP contribution < -0.4 is 4.90 Å². The molecule has 1 amide bonds. The van der Waals surface area contributed by atoms with Crippen LogP contribution in [0.25, 0.3) is 11.3 Å². The molecular formula is C19H16N4OS. The van der Waals surface area contributed by atoms with E-state index in [4.69, 9.17) is 5.26 Å². The van der Waals surface area contributed by atoms with E-state index < -0.39 is 0 Å². The molecule has 0 bridgehead atoms. The van der Waals surface area contributed by atoms with Crippen molar-refractivity contribution in [2.75, 3.05) is 17.2 Å². The van der Waals surface area contributed by atoms with Crippen molar-refractivity contribution in [3.05, 3.63) is 66.9 Å². The predicted molar refractivity (Wildman–Crippen MR) is 99.2 cm³/mol. The van der Waals surface area contributed by atoms with Gasteiger partial charge in [-0.1, -0.05) is 60.3 Å². The number of rotatable bonds is 6. The molecular weight excluding hydrogens is 332 g/mol. The molecule has 0 radical (unpaired) electrons. The Balaban J connectivity index is 1.65. The van der Waals surface area contributed by atoms with Crippen LogP contribution in [0.15, 0.2) is 72.0 Å². The van der Waals surface area contributed by atoms with E-state index in [9.17, 15) is 4.79 Å². The lowest BCUT2D eigenvalue weighted by molar-refractivity contribution is -0.116. The Morgan fingerprint density at radius 1 is 1.12 bits per heavy atom. The SMILES string of the molecule is N#CCN(C(=O)CSc1ncc(-c2ccccc2)[nH]1)c1ccccc1. The Labute approximate surface area is 150 Å². The zero-order chi connectivity index (χ0) is 17.5. The summed E-state index contributed by atoms with van der Waals surface area (Å²) in [5.41, 5.74) is 2.68. The molecule has 1 aromatic heterocycles. The highest BCUT2D eigenvalue weighted by molar-refractivity contribution is 7.99. The van der Waals surface area contributed by atoms with Gasteiger partial charge in [-0.25, -0.2) is 4.98 Å². The first kappa shape index (κ1) is 16.8. The largest absolute Gasteiger partial charge is 0.333 e. The number of amides is 1. The minimum Gasteiger partial charge on any atom is -0.333 e. The molecule has 0 spiro atoms. The van der Waals surface area contributed by atoms with E-state index in [0.29, 0.717) is 5.16 Å². The number of nitriles is 1. The lowest BCUT2D eigenvalue weighted by Crippen LogP contribution is -2.32. The maximum absolute atomic E-state index is 12.5. The number of para-hydroxylation sites is 1. The molecule has 1 heterocycles. The quantitative estimate of drug-likeness (QED) is 0.544. The molecule has 0 aliphatic rings. The van der Waals surface area contributed by atoms with Crippen LogP contribution in [0, 0.1) is 11.3 Å². The molecule has 0 saturated heterocycles. The molecule has 0 atom stereocenters. The third kappa shape index (κ3) is 4.28. The van der Waals surface area contributed by atoms with Crippen LogP contribution in [0.4, 0.5) is 5.69 Å². The zero-order valence-corrected chi connectivity index (χ0v) is 14.2. The lowest BCUT2D eigenvalue weighted by atomic mass is 10.2. The monoisotopic (exact) mass is 348 g/mol. The molecule has 25 heavy (non-hydrogen) atoms. The molecule has 2 aromatic carbocycles. The number of hydrogen-bond acceptors (Lipinski definition) is 4. The molecule has 3 rings (SSSR count). The van der Waals surface area contributed by atoms with Crippen LogP contribution in [0.3, 0.4) is 0 Å². The minimum absolute atomic E-state index is 0.0246. The Bertz CT molecular complexity index is 871. The van der Waals surface area contributed by atoms with Crippen molar-refractivity contribution in [3.63, 3.8) is 0 Å². The summed E-state index contributed by atoms with van der Waals surface area (Å²) in [5.74, 6) is 0.0774. The van der Waals surface area contributed by atoms with E-state index in [1.54, 1.807) is 6.20 Å². The van der Waals surface area contributed by atoms with Gasteiger partial charge in [0.2, 0.25) is 5.91 Å². The van der Waals surface area contributed by atoms with Gasteiger partial charge in [-0.05, 0) is 17.7 Å². The van der Waals surface area contributed by atoms with Gasteiger partial charge in [0.15, 0.2) is 5.16 Å². The van der Waals surface area contributed by atoms with E-state index in [-0.39, 0.29) is 18.2 Å². The third-order valence-electron chi connectivity index (χ3n) is 3.57. The molecule has 124 valence electrons. The normalized spacial score (nSPS) is 10.2. The van der Waals surface area contributed by atoms with Gasteiger partial charge >= 0.3 is 0 Å². The second-order valence-corrected chi connectivity index (χ2v) is 6.19. The van der Waals surface area contributed by atoms with E-state index in [0.717, 1.165) is 16.9 Å². The van der Waals surface area contributed by atoms with E-state index in [1.807, 2.05) is 66.7 Å². The number of aromatic amines is 1. The molecule has 0 saturated carbocycles. The zero-order valence-electron chi connectivity index (χ0n) is 13.4. The summed E-state index contributed by atoms with van der Waals surface area (Å²) in [6.07, 6.45) is 1.76. The second kappa shape index (κ2) is 8.18. The highest BCUT2D eigenvalue weighted by Gasteiger charge is 2.16. The van der Waals surface area contributed by atoms with Gasteiger partial charge in [-0.15, -0.1) is 0 Å². The molecule has 0 unspecified atom stereocenters. The third-order valence-corrected chi connectivity index (χ3v) is 4.44. The molecule has 6 heteroatoms. The maximum atomic E-state index is 12.5. The summed E-state index contributed by atoms with van der Waals surface area (Å²) in [4.78, 5) is 21.5. The number of imidazole rings is 1. The van der Waals surface area contributed by atoms with Gasteiger partial charge in [-0.3, -0.25) is 9.69 Å². The van der Waals surface area contributed by atoms with Crippen molar-refractivity contribution in [2.45, 2.75) is 5.16 Å². The lowest BCUT2D eigenvalue weighted by Gasteiger charge is -2.19. The second-order valence-electron chi connectivity index (χ2n) is 5.23. The summed E-state index contributed by atoms with van der Waals surface area (Å²) in [7, 11) is 0. The van der Waals surface area contributed by atoms with Crippen molar-refractivity contribution in [1.29, 1.82) is 5.26 Å². The van der Waals surface area contributed by atoms with Crippen LogP contribution >= 0.6 is 11.8 Å². The maximum Gasteiger partial charge on any atom is 0.238 e. The summed E-state index contributed by atoms with van der Waals surface area (Å²) < 4.78 is 0. The number of nitrogens with zero attached hydrogens (tertiary/aromatic N) is 3. The summed E-state index contributed by atoms with van der Waals surface area (Å²) in [6, 6.07) is 21.1. The smallest absolute Gasteiger partial charge is 0.238 e. The fraction of sp³-hybridized carbons (Fsp3) is 0.105. The summed E-state index contributed by atoms with van der Waals surface area (Å²) in [5, 5.41) is 9.67. The van der Waals surface area contributed by atoms with Gasteiger partial charge in [-0.2, -0.15) is 5.26 Å². The molecule has 5 nitrogen and oxygen atoms in total. The molecule has 0 aliphatic heterocycles. The number of benzene rings is 2. The molecule has 1 N–H and O–H groups in total. The fourth-order valence-electron chi connectivity index (χ4n) is 2.35. The van der Waals surface area contributed by atoms with Gasteiger partial charge in [0.25, 0.3) is 0 Å². The van der Waals surface area contributed by atoms with Crippen molar-refractivity contribution >= 4 is 23.4 Å². The van der Waals surface area contributed by atoms with Crippen molar-refractivity contribution in [2.24, 2.45) is 0 Å². The molecule has 0 aliphatic carbocycles. The Kier molecular flexibility index (Phi) is 5.50. The number of H-pyrrole nitrogens is 1. The molecule has 0 fully saturated rings. The van der Waals surface area contributed by atoms with E-state index >= 15 is 0 Å². The van der Waals surface area contributed by atoms with Crippen LogP contribution in [-0.4, -0.2) is 28.2 Å². The Morgan fingerprint density at radius 2 is 1.80 bits per heavy atom. The van der Waals surface area contributed by atoms with Crippen LogP contribution in [0.2, 0.25) is 0 Å². The average molecular weight is 348 g/mol. The van der Waals surface area contributed by atoms with Crippen molar-refractivity contribution < 1.29 is 4.79 Å². The number of thioether (sulfide) groups is 1. The minimum atomic E-state index is -0.129. The number of carbonyl (C=O) groups is 1. The first-order valence-corrected chi connectivity index (χ1v) is 8.72. The van der Waals surface area contributed by atoms with E-state index in [2.05, 4.69) is 9.97 Å². The summed E-state index contributed by atoms with van der Waals surface area (Å²) >= 11 is 1.33. The first-order valence-electron chi connectivity index (χ1n) is 7.73. The van der Waals surface area contributed by atoms with Crippen LogP contribution in [0.1, 0.15) is 0 Å². The van der Waals surface area contributed by atoms with Crippen LogP contribution in [0.5, 0.6) is 0 Å². The standard InChI is InChI=1S/C19H16N4OS/c20-11-12-23(16-9-5-2-6-10-16)18(24)14-25-19-21-13-17(22-19)15-7-3-1-4-8-15/h1-10,13H,12,14H2,(H,21,22). The predicted octanol–water partition coefficient (Wildman–Crippen LogP) is 3.73. The number of anilines is 1. The fourth-order valence-corrected chi connectivity index (χ4v) is 3.08. The van der Waals surface area contributed by atoms with Crippen molar-refractivity contribution in [3.8, 4) is 17.3 Å². The van der Waals surface area contributed by atoms with Crippen LogP contribution in [-0.2, 0) is 4.79 Å². The number of hydrogen-bond donors (Lipinski definition) is 1. The Morgan fingerprint density at radius 3 is 2.48 bits per heavy atom. The first-order chi connectivity index (χ1) is 12.3.